The number of aromatic nitrogens is 1. The van der Waals surface area contributed by atoms with Gasteiger partial charge in [-0.25, -0.2) is 8.78 Å². The van der Waals surface area contributed by atoms with Crippen molar-refractivity contribution in [3.8, 4) is 5.75 Å². The molecular weight excluding hydrogens is 559 g/mol. The predicted octanol–water partition coefficient (Wildman–Crippen LogP) is 4.42. The van der Waals surface area contributed by atoms with Crippen molar-refractivity contribution in [2.45, 2.75) is 31.8 Å². The van der Waals surface area contributed by atoms with Crippen LogP contribution >= 0.6 is 23.2 Å². The van der Waals surface area contributed by atoms with Gasteiger partial charge in [0.25, 0.3) is 5.56 Å². The number of ketones is 1. The molecule has 1 heterocycles. The molecule has 0 aliphatic rings. The summed E-state index contributed by atoms with van der Waals surface area (Å²) in [4.78, 5) is 50.0. The number of benzene rings is 2. The number of Topliss-reactive ketones (excluding diaryl/α,β-unsaturated/α-hetero) is 1. The molecule has 38 heavy (non-hydrogen) atoms. The summed E-state index contributed by atoms with van der Waals surface area (Å²) in [5, 5.41) is 12.3. The van der Waals surface area contributed by atoms with E-state index in [-0.39, 0.29) is 27.9 Å². The lowest BCUT2D eigenvalue weighted by Crippen LogP contribution is -2.47. The van der Waals surface area contributed by atoms with Crippen LogP contribution < -0.4 is 15.6 Å². The first-order valence-corrected chi connectivity index (χ1v) is 11.6. The summed E-state index contributed by atoms with van der Waals surface area (Å²) in [5.41, 5.74) is -0.619. The van der Waals surface area contributed by atoms with Gasteiger partial charge in [-0.05, 0) is 30.0 Å². The normalized spacial score (nSPS) is 12.7. The van der Waals surface area contributed by atoms with Crippen molar-refractivity contribution in [2.24, 2.45) is 0 Å². The number of halogens is 6. The molecule has 0 saturated carbocycles. The van der Waals surface area contributed by atoms with E-state index in [1.165, 1.54) is 24.4 Å². The number of pyridine rings is 1. The van der Waals surface area contributed by atoms with E-state index in [0.717, 1.165) is 4.57 Å². The van der Waals surface area contributed by atoms with E-state index in [0.29, 0.717) is 5.39 Å². The van der Waals surface area contributed by atoms with Gasteiger partial charge >= 0.3 is 5.97 Å². The van der Waals surface area contributed by atoms with Gasteiger partial charge < -0.3 is 19.7 Å². The maximum atomic E-state index is 13.8. The summed E-state index contributed by atoms with van der Waals surface area (Å²) in [5.74, 6) is -12.5. The van der Waals surface area contributed by atoms with Crippen LogP contribution in [0.5, 0.6) is 5.75 Å². The van der Waals surface area contributed by atoms with E-state index in [2.05, 4.69) is 10.1 Å². The quantitative estimate of drug-likeness (QED) is 0.273. The first-order chi connectivity index (χ1) is 17.8. The molecule has 0 aliphatic carbocycles. The number of rotatable bonds is 10. The Kier molecular flexibility index (Phi) is 9.00. The number of carbonyl (C=O) groups excluding carboxylic acids is 2. The molecule has 2 N–H and O–H groups in total. The van der Waals surface area contributed by atoms with Crippen molar-refractivity contribution >= 4 is 51.6 Å². The highest BCUT2D eigenvalue weighted by Gasteiger charge is 2.30. The monoisotopic (exact) mass is 576 g/mol. The Bertz CT molecular complexity index is 1470. The van der Waals surface area contributed by atoms with Gasteiger partial charge in [0.15, 0.2) is 23.2 Å². The minimum absolute atomic E-state index is 0.0298. The number of hydrogen-bond acceptors (Lipinski definition) is 5. The summed E-state index contributed by atoms with van der Waals surface area (Å²) in [7, 11) is 0. The average Bonchev–Trinajstić information content (AvgIpc) is 2.85. The Hall–Kier alpha value is -3.64. The van der Waals surface area contributed by atoms with Crippen molar-refractivity contribution < 1.29 is 41.8 Å². The van der Waals surface area contributed by atoms with Gasteiger partial charge in [0, 0.05) is 17.6 Å². The predicted molar refractivity (Wildman–Crippen MR) is 129 cm³/mol. The fourth-order valence-corrected chi connectivity index (χ4v) is 3.95. The molecule has 3 aromatic rings. The first-order valence-electron chi connectivity index (χ1n) is 10.9. The first kappa shape index (κ1) is 28.9. The number of nitrogens with zero attached hydrogens (tertiary/aromatic N) is 1. The van der Waals surface area contributed by atoms with E-state index in [4.69, 9.17) is 23.2 Å². The number of carboxylic acids is 1. The lowest BCUT2D eigenvalue weighted by molar-refractivity contribution is -0.140. The van der Waals surface area contributed by atoms with Crippen LogP contribution in [-0.2, 0) is 14.4 Å². The highest BCUT2D eigenvalue weighted by Crippen LogP contribution is 2.28. The summed E-state index contributed by atoms with van der Waals surface area (Å²) in [6, 6.07) is 1.24. The van der Waals surface area contributed by atoms with E-state index in [1.54, 1.807) is 6.92 Å². The van der Waals surface area contributed by atoms with Crippen LogP contribution in [0.2, 0.25) is 10.0 Å². The molecule has 0 fully saturated rings. The molecule has 1 amide bonds. The maximum Gasteiger partial charge on any atom is 0.305 e. The van der Waals surface area contributed by atoms with Crippen LogP contribution in [0.3, 0.4) is 0 Å². The van der Waals surface area contributed by atoms with E-state index in [1.807, 2.05) is 0 Å². The molecule has 0 bridgehead atoms. The van der Waals surface area contributed by atoms with Crippen molar-refractivity contribution in [1.29, 1.82) is 0 Å². The number of aliphatic carboxylic acids is 1. The molecule has 0 radical (unpaired) electrons. The van der Waals surface area contributed by atoms with E-state index >= 15 is 0 Å². The second-order valence-corrected chi connectivity index (χ2v) is 8.83. The Morgan fingerprint density at radius 1 is 1.05 bits per heavy atom. The molecule has 14 heteroatoms. The minimum Gasteiger partial charge on any atom is -0.481 e. The van der Waals surface area contributed by atoms with Crippen LogP contribution in [0.1, 0.15) is 25.8 Å². The Labute approximate surface area is 221 Å². The zero-order valence-corrected chi connectivity index (χ0v) is 20.9. The van der Waals surface area contributed by atoms with Gasteiger partial charge in [0.2, 0.25) is 17.5 Å². The average molecular weight is 577 g/mol. The molecule has 202 valence electrons. The highest BCUT2D eigenvalue weighted by molar-refractivity contribution is 6.42. The third kappa shape index (κ3) is 6.08. The lowest BCUT2D eigenvalue weighted by Gasteiger charge is -2.22. The third-order valence-corrected chi connectivity index (χ3v) is 6.23. The molecule has 0 aliphatic heterocycles. The molecular formula is C24H18Cl2F4N2O6. The second-order valence-electron chi connectivity index (χ2n) is 8.02. The number of ether oxygens (including phenoxy) is 1. The summed E-state index contributed by atoms with van der Waals surface area (Å²) < 4.78 is 60.1. The smallest absolute Gasteiger partial charge is 0.305 e. The van der Waals surface area contributed by atoms with E-state index in [9.17, 15) is 41.8 Å². The number of carbonyl (C=O) groups is 3. The fraction of sp³-hybridized carbons (Fsp3) is 0.250. The van der Waals surface area contributed by atoms with Gasteiger partial charge in [-0.3, -0.25) is 19.2 Å². The second kappa shape index (κ2) is 11.8. The maximum absolute atomic E-state index is 13.8. The van der Waals surface area contributed by atoms with Crippen molar-refractivity contribution in [3.05, 3.63) is 74.1 Å². The SMILES string of the molecule is CCC(C(=O)NC(CC(=O)O)C(=O)COc1c(F)c(F)cc(F)c1F)n1ccc2cc(Cl)c(Cl)cc2c1=O. The molecule has 2 atom stereocenters. The molecule has 0 saturated heterocycles. The van der Waals surface area contributed by atoms with E-state index < -0.39 is 77.3 Å². The molecule has 2 unspecified atom stereocenters. The Morgan fingerprint density at radius 3 is 2.24 bits per heavy atom. The van der Waals surface area contributed by atoms with Crippen LogP contribution in [0.25, 0.3) is 10.8 Å². The van der Waals surface area contributed by atoms with Gasteiger partial charge in [-0.15, -0.1) is 0 Å². The molecule has 1 aromatic heterocycles. The molecule has 2 aromatic carbocycles. The van der Waals surface area contributed by atoms with Crippen LogP contribution in [0.15, 0.2) is 35.3 Å². The van der Waals surface area contributed by atoms with Gasteiger partial charge in [0.1, 0.15) is 18.7 Å². The molecule has 8 nitrogen and oxygen atoms in total. The number of nitrogens with one attached hydrogen (secondary N) is 1. The van der Waals surface area contributed by atoms with Gasteiger partial charge in [0.05, 0.1) is 16.5 Å². The Balaban J connectivity index is 1.85. The van der Waals surface area contributed by atoms with Crippen LogP contribution in [0.4, 0.5) is 17.6 Å². The number of hydrogen-bond donors (Lipinski definition) is 2. The Morgan fingerprint density at radius 2 is 1.66 bits per heavy atom. The van der Waals surface area contributed by atoms with Crippen molar-refractivity contribution in [3.63, 3.8) is 0 Å². The topological polar surface area (TPSA) is 115 Å². The summed E-state index contributed by atoms with van der Waals surface area (Å²) >= 11 is 12.0. The molecule has 0 spiro atoms. The largest absolute Gasteiger partial charge is 0.481 e. The van der Waals surface area contributed by atoms with Gasteiger partial charge in [-0.1, -0.05) is 30.1 Å². The number of carboxylic acid groups (broad SMARTS) is 1. The van der Waals surface area contributed by atoms with Gasteiger partial charge in [-0.2, -0.15) is 8.78 Å². The van der Waals surface area contributed by atoms with Crippen molar-refractivity contribution in [2.75, 3.05) is 6.61 Å². The third-order valence-electron chi connectivity index (χ3n) is 5.51. The number of amides is 1. The lowest BCUT2D eigenvalue weighted by atomic mass is 10.1. The zero-order valence-electron chi connectivity index (χ0n) is 19.4. The molecule has 3 rings (SSSR count). The van der Waals surface area contributed by atoms with Crippen LogP contribution in [-0.4, -0.2) is 40.0 Å². The number of fused-ring (bicyclic) bond motifs is 1. The zero-order chi connectivity index (χ0) is 28.3. The van der Waals surface area contributed by atoms with Crippen molar-refractivity contribution in [1.82, 2.24) is 9.88 Å². The summed E-state index contributed by atoms with van der Waals surface area (Å²) in [6.07, 6.45) is 0.374. The fourth-order valence-electron chi connectivity index (χ4n) is 3.62. The standard InChI is InChI=1S/C24H18Cl2F4N2O6/c1-2-17(32-4-3-10-5-12(25)13(26)6-11(10)24(32)37)23(36)31-16(8-19(34)35)18(33)9-38-22-20(29)14(27)7-15(28)21(22)30/h3-7,16-17H,2,8-9H2,1H3,(H,31,36)(H,34,35). The summed E-state index contributed by atoms with van der Waals surface area (Å²) in [6.45, 7) is 0.317. The van der Waals surface area contributed by atoms with Crippen LogP contribution in [0, 0.1) is 23.3 Å². The highest BCUT2D eigenvalue weighted by atomic mass is 35.5. The minimum atomic E-state index is -1.90.